The summed E-state index contributed by atoms with van der Waals surface area (Å²) in [5.41, 5.74) is 0.842. The molecule has 24 heavy (non-hydrogen) atoms. The standard InChI is InChI=1S/C16H21BrN4O3/c1-21(10-14(22)18-8-5-9-23-2)11-15-19-20-16(24-15)12-6-3-4-7-13(12)17/h3-4,6-7H,5,8-11H2,1-2H3,(H,18,22). The number of hydrogen-bond donors (Lipinski definition) is 1. The van der Waals surface area contributed by atoms with Crippen LogP contribution >= 0.6 is 15.9 Å². The average Bonchev–Trinajstić information content (AvgIpc) is 3.00. The third kappa shape index (κ3) is 5.70. The quantitative estimate of drug-likeness (QED) is 0.653. The predicted molar refractivity (Wildman–Crippen MR) is 93.3 cm³/mol. The molecule has 7 nitrogen and oxygen atoms in total. The van der Waals surface area contributed by atoms with E-state index >= 15 is 0 Å². The zero-order valence-electron chi connectivity index (χ0n) is 13.8. The normalized spacial score (nSPS) is 11.0. The highest BCUT2D eigenvalue weighted by molar-refractivity contribution is 9.10. The number of rotatable bonds is 9. The van der Waals surface area contributed by atoms with Gasteiger partial charge in [0.25, 0.3) is 0 Å². The van der Waals surface area contributed by atoms with Crippen molar-refractivity contribution in [2.75, 3.05) is 33.9 Å². The van der Waals surface area contributed by atoms with E-state index in [9.17, 15) is 4.79 Å². The lowest BCUT2D eigenvalue weighted by atomic mass is 10.2. The van der Waals surface area contributed by atoms with Crippen LogP contribution in [0.5, 0.6) is 0 Å². The van der Waals surface area contributed by atoms with Gasteiger partial charge >= 0.3 is 0 Å². The monoisotopic (exact) mass is 396 g/mol. The van der Waals surface area contributed by atoms with E-state index in [0.717, 1.165) is 16.5 Å². The van der Waals surface area contributed by atoms with Gasteiger partial charge in [-0.25, -0.2) is 0 Å². The third-order valence-electron chi connectivity index (χ3n) is 3.24. The zero-order valence-corrected chi connectivity index (χ0v) is 15.4. The van der Waals surface area contributed by atoms with Gasteiger partial charge < -0.3 is 14.5 Å². The largest absolute Gasteiger partial charge is 0.419 e. The fourth-order valence-corrected chi connectivity index (χ4v) is 2.55. The van der Waals surface area contributed by atoms with Gasteiger partial charge in [-0.2, -0.15) is 0 Å². The molecule has 0 fully saturated rings. The van der Waals surface area contributed by atoms with Gasteiger partial charge in [-0.1, -0.05) is 12.1 Å². The van der Waals surface area contributed by atoms with E-state index in [-0.39, 0.29) is 12.5 Å². The minimum absolute atomic E-state index is 0.0425. The van der Waals surface area contributed by atoms with Gasteiger partial charge in [0.15, 0.2) is 0 Å². The first-order chi connectivity index (χ1) is 11.6. The lowest BCUT2D eigenvalue weighted by molar-refractivity contribution is -0.122. The number of benzene rings is 1. The van der Waals surface area contributed by atoms with Crippen LogP contribution in [0.15, 0.2) is 33.2 Å². The van der Waals surface area contributed by atoms with Gasteiger partial charge in [0.05, 0.1) is 18.7 Å². The van der Waals surface area contributed by atoms with Crippen molar-refractivity contribution in [3.8, 4) is 11.5 Å². The molecule has 8 heteroatoms. The number of carbonyl (C=O) groups excluding carboxylic acids is 1. The number of hydrogen-bond acceptors (Lipinski definition) is 6. The first kappa shape index (κ1) is 18.6. The van der Waals surface area contributed by atoms with Crippen LogP contribution in [0.2, 0.25) is 0 Å². The number of methoxy groups -OCH3 is 1. The molecule has 0 aliphatic heterocycles. The molecule has 1 aromatic carbocycles. The zero-order chi connectivity index (χ0) is 17.4. The summed E-state index contributed by atoms with van der Waals surface area (Å²) in [4.78, 5) is 13.6. The molecule has 0 spiro atoms. The van der Waals surface area contributed by atoms with Gasteiger partial charge in [-0.15, -0.1) is 10.2 Å². The Morgan fingerprint density at radius 1 is 1.38 bits per heavy atom. The molecule has 0 radical (unpaired) electrons. The van der Waals surface area contributed by atoms with E-state index in [2.05, 4.69) is 31.4 Å². The Labute approximate surface area is 149 Å². The highest BCUT2D eigenvalue weighted by Gasteiger charge is 2.14. The summed E-state index contributed by atoms with van der Waals surface area (Å²) >= 11 is 3.46. The second-order valence-corrected chi connectivity index (χ2v) is 6.20. The van der Waals surface area contributed by atoms with Crippen LogP contribution < -0.4 is 5.32 Å². The van der Waals surface area contributed by atoms with Crippen LogP contribution in [0.1, 0.15) is 12.3 Å². The molecule has 2 rings (SSSR count). The van der Waals surface area contributed by atoms with Gasteiger partial charge in [0.2, 0.25) is 17.7 Å². The summed E-state index contributed by atoms with van der Waals surface area (Å²) in [6, 6.07) is 7.64. The van der Waals surface area contributed by atoms with Crippen LogP contribution in [0.4, 0.5) is 0 Å². The van der Waals surface area contributed by atoms with Crippen molar-refractivity contribution in [3.05, 3.63) is 34.6 Å². The number of amides is 1. The highest BCUT2D eigenvalue weighted by atomic mass is 79.9. The van der Waals surface area contributed by atoms with Crippen LogP contribution in [0.25, 0.3) is 11.5 Å². The fourth-order valence-electron chi connectivity index (χ4n) is 2.09. The molecule has 1 aromatic heterocycles. The topological polar surface area (TPSA) is 80.5 Å². The summed E-state index contributed by atoms with van der Waals surface area (Å²) in [5, 5.41) is 10.9. The van der Waals surface area contributed by atoms with Crippen molar-refractivity contribution in [3.63, 3.8) is 0 Å². The van der Waals surface area contributed by atoms with E-state index in [1.165, 1.54) is 0 Å². The van der Waals surface area contributed by atoms with Crippen molar-refractivity contribution in [2.24, 2.45) is 0 Å². The van der Waals surface area contributed by atoms with E-state index in [4.69, 9.17) is 9.15 Å². The Bertz CT molecular complexity index is 662. The van der Waals surface area contributed by atoms with Gasteiger partial charge in [0, 0.05) is 24.7 Å². The summed E-state index contributed by atoms with van der Waals surface area (Å²) in [6.45, 7) is 1.91. The number of carbonyl (C=O) groups is 1. The molecule has 2 aromatic rings. The molecule has 0 aliphatic carbocycles. The number of aromatic nitrogens is 2. The number of nitrogens with zero attached hydrogens (tertiary/aromatic N) is 3. The predicted octanol–water partition coefficient (Wildman–Crippen LogP) is 2.08. The molecular weight excluding hydrogens is 376 g/mol. The lowest BCUT2D eigenvalue weighted by Gasteiger charge is -2.13. The molecule has 1 heterocycles. The number of ether oxygens (including phenoxy) is 1. The average molecular weight is 397 g/mol. The summed E-state index contributed by atoms with van der Waals surface area (Å²) < 4.78 is 11.5. The molecule has 0 saturated carbocycles. The van der Waals surface area contributed by atoms with E-state index < -0.39 is 0 Å². The van der Waals surface area contributed by atoms with Gasteiger partial charge in [-0.05, 0) is 41.5 Å². The second-order valence-electron chi connectivity index (χ2n) is 5.35. The molecule has 1 N–H and O–H groups in total. The molecule has 0 saturated heterocycles. The Morgan fingerprint density at radius 3 is 2.92 bits per heavy atom. The summed E-state index contributed by atoms with van der Waals surface area (Å²) in [5.74, 6) is 0.879. The molecule has 0 unspecified atom stereocenters. The van der Waals surface area contributed by atoms with Crippen LogP contribution in [-0.2, 0) is 16.1 Å². The lowest BCUT2D eigenvalue weighted by Crippen LogP contribution is -2.35. The summed E-state index contributed by atoms with van der Waals surface area (Å²) in [7, 11) is 3.47. The Morgan fingerprint density at radius 2 is 2.17 bits per heavy atom. The van der Waals surface area contributed by atoms with E-state index in [0.29, 0.717) is 31.5 Å². The van der Waals surface area contributed by atoms with Crippen LogP contribution in [-0.4, -0.2) is 54.9 Å². The SMILES string of the molecule is COCCCNC(=O)CN(C)Cc1nnc(-c2ccccc2Br)o1. The van der Waals surface area contributed by atoms with E-state index in [1.807, 2.05) is 36.2 Å². The summed E-state index contributed by atoms with van der Waals surface area (Å²) in [6.07, 6.45) is 0.797. The third-order valence-corrected chi connectivity index (χ3v) is 3.93. The van der Waals surface area contributed by atoms with Gasteiger partial charge in [-0.3, -0.25) is 9.69 Å². The Balaban J connectivity index is 1.83. The molecule has 1 amide bonds. The molecule has 0 bridgehead atoms. The minimum Gasteiger partial charge on any atom is -0.419 e. The maximum Gasteiger partial charge on any atom is 0.248 e. The first-order valence-corrected chi connectivity index (χ1v) is 8.41. The molecule has 0 atom stereocenters. The molecule has 0 aliphatic rings. The smallest absolute Gasteiger partial charge is 0.248 e. The van der Waals surface area contributed by atoms with Crippen LogP contribution in [0.3, 0.4) is 0 Å². The number of likely N-dealkylation sites (N-methyl/N-ethyl adjacent to an activating group) is 1. The fraction of sp³-hybridized carbons (Fsp3) is 0.438. The van der Waals surface area contributed by atoms with Crippen LogP contribution in [0, 0.1) is 0 Å². The number of halogens is 1. The van der Waals surface area contributed by atoms with Gasteiger partial charge in [0.1, 0.15) is 0 Å². The van der Waals surface area contributed by atoms with Crippen molar-refractivity contribution in [1.82, 2.24) is 20.4 Å². The molecular formula is C16H21BrN4O3. The maximum atomic E-state index is 11.8. The Kier molecular flexibility index (Phi) is 7.36. The molecule has 130 valence electrons. The first-order valence-electron chi connectivity index (χ1n) is 7.61. The second kappa shape index (κ2) is 9.51. The maximum absolute atomic E-state index is 11.8. The Hall–Kier alpha value is -1.77. The van der Waals surface area contributed by atoms with Crippen molar-refractivity contribution in [1.29, 1.82) is 0 Å². The van der Waals surface area contributed by atoms with Crippen molar-refractivity contribution < 1.29 is 13.9 Å². The minimum atomic E-state index is -0.0425. The highest BCUT2D eigenvalue weighted by Crippen LogP contribution is 2.26. The van der Waals surface area contributed by atoms with E-state index in [1.54, 1.807) is 7.11 Å². The number of nitrogens with one attached hydrogen (secondary N) is 1. The van der Waals surface area contributed by atoms with Crippen molar-refractivity contribution in [2.45, 2.75) is 13.0 Å². The van der Waals surface area contributed by atoms with Crippen molar-refractivity contribution >= 4 is 21.8 Å².